The van der Waals surface area contributed by atoms with E-state index in [4.69, 9.17) is 5.14 Å². The Hall–Kier alpha value is -1.59. The predicted molar refractivity (Wildman–Crippen MR) is 62.3 cm³/mol. The van der Waals surface area contributed by atoms with Gasteiger partial charge in [-0.15, -0.1) is 11.3 Å². The molecule has 0 aliphatic carbocycles. The van der Waals surface area contributed by atoms with Crippen LogP contribution in [0.25, 0.3) is 0 Å². The molecule has 1 rings (SSSR count). The molecule has 1 heterocycles. The van der Waals surface area contributed by atoms with Gasteiger partial charge in [0.15, 0.2) is 4.21 Å². The summed E-state index contributed by atoms with van der Waals surface area (Å²) in [6.45, 7) is 0. The quantitative estimate of drug-likeness (QED) is 0.432. The van der Waals surface area contributed by atoms with Gasteiger partial charge in [0.2, 0.25) is 10.0 Å². The lowest BCUT2D eigenvalue weighted by atomic mass is 10.3. The maximum absolute atomic E-state index is 11.5. The molecule has 0 atom stereocenters. The van der Waals surface area contributed by atoms with Crippen molar-refractivity contribution in [1.29, 1.82) is 0 Å². The number of methoxy groups -OCH3 is 1. The van der Waals surface area contributed by atoms with Gasteiger partial charge in [0.1, 0.15) is 10.5 Å². The fourth-order valence-corrected chi connectivity index (χ4v) is 4.31. The normalized spacial score (nSPS) is 11.7. The first-order chi connectivity index (χ1) is 8.65. The van der Waals surface area contributed by atoms with Crippen molar-refractivity contribution in [2.75, 3.05) is 7.11 Å². The summed E-state index contributed by atoms with van der Waals surface area (Å²) >= 11 is 0.397. The van der Waals surface area contributed by atoms with Crippen LogP contribution in [0.15, 0.2) is 18.9 Å². The molecule has 0 unspecified atom stereocenters. The van der Waals surface area contributed by atoms with E-state index in [0.717, 1.165) is 18.6 Å². The average molecular weight is 326 g/mol. The van der Waals surface area contributed by atoms with Gasteiger partial charge in [0.25, 0.3) is 16.1 Å². The molecule has 0 saturated heterocycles. The Balaban J connectivity index is 3.76. The van der Waals surface area contributed by atoms with Gasteiger partial charge >= 0.3 is 5.97 Å². The zero-order valence-electron chi connectivity index (χ0n) is 9.18. The molecule has 0 aliphatic heterocycles. The summed E-state index contributed by atoms with van der Waals surface area (Å²) in [6, 6.07) is 0. The van der Waals surface area contributed by atoms with E-state index in [0.29, 0.717) is 11.3 Å². The number of primary sulfonamides is 1. The number of hydrogen-bond donors (Lipinski definition) is 1. The van der Waals surface area contributed by atoms with Crippen molar-refractivity contribution >= 4 is 43.4 Å². The van der Waals surface area contributed by atoms with E-state index < -0.39 is 40.7 Å². The van der Waals surface area contributed by atoms with E-state index in [1.54, 1.807) is 0 Å². The molecule has 0 spiro atoms. The van der Waals surface area contributed by atoms with Crippen LogP contribution >= 0.6 is 11.3 Å². The number of esters is 1. The van der Waals surface area contributed by atoms with Gasteiger partial charge in [-0.05, 0) is 0 Å². The molecule has 0 radical (unpaired) electrons. The summed E-state index contributed by atoms with van der Waals surface area (Å²) in [5.74, 6) is -1.23. The SMILES string of the molecule is COC(=O)c1c(S(=O)(=O)N=C=O)csc1S(N)(=O)=O. The first kappa shape index (κ1) is 15.5. The molecule has 104 valence electrons. The zero-order valence-corrected chi connectivity index (χ0v) is 11.6. The number of nitrogens with zero attached hydrogens (tertiary/aromatic N) is 1. The number of nitrogens with two attached hydrogens (primary N) is 1. The fourth-order valence-electron chi connectivity index (χ4n) is 1.11. The second kappa shape index (κ2) is 5.19. The second-order valence-electron chi connectivity index (χ2n) is 2.96. The largest absolute Gasteiger partial charge is 0.465 e. The highest BCUT2D eigenvalue weighted by Crippen LogP contribution is 2.31. The van der Waals surface area contributed by atoms with Gasteiger partial charge in [-0.25, -0.2) is 23.1 Å². The smallest absolute Gasteiger partial charge is 0.341 e. The highest BCUT2D eigenvalue weighted by atomic mass is 32.2. The number of ether oxygens (including phenoxy) is 1. The minimum Gasteiger partial charge on any atom is -0.465 e. The Morgan fingerprint density at radius 1 is 1.42 bits per heavy atom. The van der Waals surface area contributed by atoms with Crippen molar-refractivity contribution in [2.24, 2.45) is 9.54 Å². The van der Waals surface area contributed by atoms with Gasteiger partial charge in [-0.2, -0.15) is 8.42 Å². The van der Waals surface area contributed by atoms with E-state index >= 15 is 0 Å². The van der Waals surface area contributed by atoms with Crippen LogP contribution in [0.4, 0.5) is 0 Å². The number of thiophene rings is 1. The minimum absolute atomic E-state index is 0.397. The molecule has 0 fully saturated rings. The summed E-state index contributed by atoms with van der Waals surface area (Å²) in [6.07, 6.45) is 0.797. The van der Waals surface area contributed by atoms with E-state index in [2.05, 4.69) is 9.13 Å². The highest BCUT2D eigenvalue weighted by Gasteiger charge is 2.32. The summed E-state index contributed by atoms with van der Waals surface area (Å²) in [7, 11) is -7.95. The highest BCUT2D eigenvalue weighted by molar-refractivity contribution is 7.92. The van der Waals surface area contributed by atoms with Crippen LogP contribution in [0.5, 0.6) is 0 Å². The molecular weight excluding hydrogens is 320 g/mol. The molecule has 2 N–H and O–H groups in total. The molecule has 0 bridgehead atoms. The molecule has 9 nitrogen and oxygen atoms in total. The lowest BCUT2D eigenvalue weighted by Gasteiger charge is -2.02. The molecular formula is C7H6N2O7S3. The summed E-state index contributed by atoms with van der Waals surface area (Å²) in [5.41, 5.74) is -0.783. The summed E-state index contributed by atoms with van der Waals surface area (Å²) < 4.78 is 51.7. The second-order valence-corrected chi connectivity index (χ2v) is 7.17. The number of carbonyl (C=O) groups excluding carboxylic acids is 2. The van der Waals surface area contributed by atoms with Gasteiger partial charge in [0, 0.05) is 5.38 Å². The molecule has 1 aromatic rings. The van der Waals surface area contributed by atoms with Crippen LogP contribution in [0.1, 0.15) is 10.4 Å². The van der Waals surface area contributed by atoms with Crippen molar-refractivity contribution in [3.63, 3.8) is 0 Å². The third kappa shape index (κ3) is 3.05. The average Bonchev–Trinajstić information content (AvgIpc) is 2.72. The van der Waals surface area contributed by atoms with Gasteiger partial charge in [-0.1, -0.05) is 4.40 Å². The summed E-state index contributed by atoms with van der Waals surface area (Å²) in [5, 5.41) is 5.67. The Morgan fingerprint density at radius 2 is 2.00 bits per heavy atom. The molecule has 1 aromatic heterocycles. The lowest BCUT2D eigenvalue weighted by molar-refractivity contribution is 0.0593. The molecule has 0 amide bonds. The molecule has 0 aromatic carbocycles. The Morgan fingerprint density at radius 3 is 2.42 bits per heavy atom. The number of rotatable bonds is 4. The van der Waals surface area contributed by atoms with E-state index in [1.165, 1.54) is 0 Å². The molecule has 0 saturated carbocycles. The number of sulfonamides is 2. The molecule has 19 heavy (non-hydrogen) atoms. The van der Waals surface area contributed by atoms with E-state index in [1.807, 2.05) is 0 Å². The topological polar surface area (TPSA) is 150 Å². The van der Waals surface area contributed by atoms with Crippen molar-refractivity contribution in [2.45, 2.75) is 9.10 Å². The summed E-state index contributed by atoms with van der Waals surface area (Å²) in [4.78, 5) is 20.7. The van der Waals surface area contributed by atoms with Gasteiger partial charge in [0.05, 0.1) is 7.11 Å². The first-order valence-corrected chi connectivity index (χ1v) is 8.08. The van der Waals surface area contributed by atoms with Crippen LogP contribution in [0.3, 0.4) is 0 Å². The van der Waals surface area contributed by atoms with Crippen molar-refractivity contribution in [3.8, 4) is 0 Å². The van der Waals surface area contributed by atoms with Crippen molar-refractivity contribution in [1.82, 2.24) is 0 Å². The monoisotopic (exact) mass is 326 g/mol. The van der Waals surface area contributed by atoms with Crippen LogP contribution in [0, 0.1) is 0 Å². The first-order valence-electron chi connectivity index (χ1n) is 4.22. The van der Waals surface area contributed by atoms with Crippen LogP contribution < -0.4 is 5.14 Å². The number of isocyanates is 1. The van der Waals surface area contributed by atoms with Crippen LogP contribution in [0.2, 0.25) is 0 Å². The zero-order chi connectivity index (χ0) is 14.8. The van der Waals surface area contributed by atoms with Crippen LogP contribution in [-0.2, 0) is 29.6 Å². The standard InChI is InChI=1S/C7H6N2O7S3/c1-16-6(11)5-4(19(14,15)9-3-10)2-17-7(5)18(8,12)13/h2H,1H3,(H2,8,12,13). The van der Waals surface area contributed by atoms with Crippen molar-refractivity contribution in [3.05, 3.63) is 10.9 Å². The maximum Gasteiger partial charge on any atom is 0.341 e. The number of carbonyl (C=O) groups is 1. The van der Waals surface area contributed by atoms with E-state index in [9.17, 15) is 26.4 Å². The number of hydrogen-bond acceptors (Lipinski definition) is 8. The fraction of sp³-hybridized carbons (Fsp3) is 0.143. The predicted octanol–water partition coefficient (Wildman–Crippen LogP) is -0.793. The third-order valence-corrected chi connectivity index (χ3v) is 5.63. The molecule has 12 heteroatoms. The lowest BCUT2D eigenvalue weighted by Crippen LogP contribution is -2.16. The molecule has 0 aliphatic rings. The third-order valence-electron chi connectivity index (χ3n) is 1.81. The van der Waals surface area contributed by atoms with Gasteiger partial charge in [-0.3, -0.25) is 0 Å². The maximum atomic E-state index is 11.5. The Labute approximate surface area is 111 Å². The van der Waals surface area contributed by atoms with Crippen molar-refractivity contribution < 1.29 is 31.2 Å². The minimum atomic E-state index is -4.54. The van der Waals surface area contributed by atoms with E-state index in [-0.39, 0.29) is 0 Å². The Kier molecular flexibility index (Phi) is 4.22. The van der Waals surface area contributed by atoms with Crippen LogP contribution in [-0.4, -0.2) is 36.0 Å². The van der Waals surface area contributed by atoms with Gasteiger partial charge < -0.3 is 4.74 Å². The Bertz CT molecular complexity index is 768.